The van der Waals surface area contributed by atoms with Crippen molar-refractivity contribution in [2.24, 2.45) is 0 Å². The van der Waals surface area contributed by atoms with Crippen molar-refractivity contribution < 1.29 is 32.1 Å². The molecule has 1 fully saturated rings. The van der Waals surface area contributed by atoms with E-state index in [-0.39, 0.29) is 11.6 Å². The number of nitrogens with one attached hydrogen (secondary N) is 1. The molecule has 1 aliphatic rings. The van der Waals surface area contributed by atoms with Crippen LogP contribution in [0.2, 0.25) is 0 Å². The van der Waals surface area contributed by atoms with Gasteiger partial charge in [-0.15, -0.1) is 0 Å². The van der Waals surface area contributed by atoms with Gasteiger partial charge in [-0.3, -0.25) is 0 Å². The minimum atomic E-state index is -4.70. The molecule has 8 heteroatoms. The van der Waals surface area contributed by atoms with Crippen LogP contribution in [-0.4, -0.2) is 31.2 Å². The molecule has 4 nitrogen and oxygen atoms in total. The van der Waals surface area contributed by atoms with Gasteiger partial charge < -0.3 is 19.9 Å². The maximum atomic E-state index is 13.7. The molecule has 3 rings (SSSR count). The minimum absolute atomic E-state index is 0.106. The van der Waals surface area contributed by atoms with Crippen molar-refractivity contribution in [2.75, 3.05) is 19.8 Å². The van der Waals surface area contributed by atoms with Gasteiger partial charge in [-0.25, -0.2) is 4.39 Å². The van der Waals surface area contributed by atoms with E-state index in [0.717, 1.165) is 17.7 Å². The van der Waals surface area contributed by atoms with Gasteiger partial charge in [0.2, 0.25) is 0 Å². The molecular formula is C19H19F4NO3. The lowest BCUT2D eigenvalue weighted by Crippen LogP contribution is -2.44. The van der Waals surface area contributed by atoms with Crippen LogP contribution in [0.3, 0.4) is 0 Å². The molecule has 0 aromatic heterocycles. The van der Waals surface area contributed by atoms with Gasteiger partial charge in [-0.05, 0) is 29.3 Å². The van der Waals surface area contributed by atoms with E-state index in [1.807, 2.05) is 30.3 Å². The summed E-state index contributed by atoms with van der Waals surface area (Å²) < 4.78 is 63.9. The Balaban J connectivity index is 1.84. The van der Waals surface area contributed by atoms with Crippen LogP contribution in [0.1, 0.15) is 28.8 Å². The Morgan fingerprint density at radius 2 is 1.93 bits per heavy atom. The lowest BCUT2D eigenvalue weighted by atomic mass is 10.0. The molecule has 2 unspecified atom stereocenters. The maximum Gasteiger partial charge on any atom is 0.416 e. The first kappa shape index (κ1) is 19.8. The smallest absolute Gasteiger partial charge is 0.393 e. The Labute approximate surface area is 153 Å². The van der Waals surface area contributed by atoms with E-state index in [9.17, 15) is 22.7 Å². The standard InChI is InChI=1S/C19H19F4NO3/c20-15-9-13(8-14(10-15)19(21,22)23)16(11-25)27-18-17(24-6-7-26-18)12-4-2-1-3-5-12/h1-5,8-10,16-18,24-25H,6-7,11H2/t16-,17?,18?/m1/s1. The fourth-order valence-corrected chi connectivity index (χ4v) is 2.99. The zero-order chi connectivity index (χ0) is 19.4. The highest BCUT2D eigenvalue weighted by Gasteiger charge is 2.34. The quantitative estimate of drug-likeness (QED) is 0.773. The number of halogens is 4. The molecule has 0 aliphatic carbocycles. The van der Waals surface area contributed by atoms with Crippen molar-refractivity contribution in [1.29, 1.82) is 0 Å². The fourth-order valence-electron chi connectivity index (χ4n) is 2.99. The highest BCUT2D eigenvalue weighted by Crippen LogP contribution is 2.34. The third kappa shape index (κ3) is 4.84. The number of benzene rings is 2. The predicted molar refractivity (Wildman–Crippen MR) is 89.2 cm³/mol. The molecule has 2 N–H and O–H groups in total. The molecule has 2 aromatic rings. The Bertz CT molecular complexity index is 754. The first-order valence-electron chi connectivity index (χ1n) is 8.42. The van der Waals surface area contributed by atoms with Gasteiger partial charge in [0.1, 0.15) is 11.9 Å². The van der Waals surface area contributed by atoms with Gasteiger partial charge in [-0.2, -0.15) is 13.2 Å². The topological polar surface area (TPSA) is 50.7 Å². The summed E-state index contributed by atoms with van der Waals surface area (Å²) >= 11 is 0. The molecule has 0 bridgehead atoms. The van der Waals surface area contributed by atoms with Gasteiger partial charge in [0.25, 0.3) is 0 Å². The number of alkyl halides is 3. The molecule has 3 atom stereocenters. The number of aliphatic hydroxyl groups is 1. The number of hydrogen-bond donors (Lipinski definition) is 2. The first-order chi connectivity index (χ1) is 12.9. The van der Waals surface area contributed by atoms with Crippen molar-refractivity contribution in [3.63, 3.8) is 0 Å². The van der Waals surface area contributed by atoms with E-state index in [0.29, 0.717) is 19.2 Å². The van der Waals surface area contributed by atoms with Crippen molar-refractivity contribution in [3.05, 3.63) is 71.0 Å². The summed E-state index contributed by atoms with van der Waals surface area (Å²) in [5.41, 5.74) is -0.373. The number of morpholine rings is 1. The maximum absolute atomic E-state index is 13.7. The van der Waals surface area contributed by atoms with Crippen LogP contribution < -0.4 is 5.32 Å². The highest BCUT2D eigenvalue weighted by molar-refractivity contribution is 5.29. The second-order valence-corrected chi connectivity index (χ2v) is 6.16. The molecule has 146 valence electrons. The third-order valence-electron chi connectivity index (χ3n) is 4.26. The second-order valence-electron chi connectivity index (χ2n) is 6.16. The number of aliphatic hydroxyl groups excluding tert-OH is 1. The van der Waals surface area contributed by atoms with Crippen LogP contribution >= 0.6 is 0 Å². The van der Waals surface area contributed by atoms with Gasteiger partial charge >= 0.3 is 6.18 Å². The summed E-state index contributed by atoms with van der Waals surface area (Å²) in [7, 11) is 0. The van der Waals surface area contributed by atoms with Crippen LogP contribution in [-0.2, 0) is 15.7 Å². The van der Waals surface area contributed by atoms with E-state index in [4.69, 9.17) is 9.47 Å². The SMILES string of the molecule is OC[C@@H](OC1OCCNC1c1ccccc1)c1cc(F)cc(C(F)(F)F)c1. The van der Waals surface area contributed by atoms with Gasteiger partial charge in [-0.1, -0.05) is 30.3 Å². The van der Waals surface area contributed by atoms with Crippen LogP contribution in [0.5, 0.6) is 0 Å². The van der Waals surface area contributed by atoms with Crippen molar-refractivity contribution in [3.8, 4) is 0 Å². The molecule has 1 heterocycles. The lowest BCUT2D eigenvalue weighted by molar-refractivity contribution is -0.209. The van der Waals surface area contributed by atoms with E-state index < -0.39 is 36.6 Å². The van der Waals surface area contributed by atoms with Crippen molar-refractivity contribution in [1.82, 2.24) is 5.32 Å². The van der Waals surface area contributed by atoms with Crippen LogP contribution in [0.15, 0.2) is 48.5 Å². The molecule has 0 amide bonds. The van der Waals surface area contributed by atoms with E-state index in [2.05, 4.69) is 5.32 Å². The van der Waals surface area contributed by atoms with Crippen molar-refractivity contribution in [2.45, 2.75) is 24.6 Å². The number of hydrogen-bond acceptors (Lipinski definition) is 4. The molecule has 0 radical (unpaired) electrons. The average molecular weight is 385 g/mol. The predicted octanol–water partition coefficient (Wildman–Crippen LogP) is 3.58. The molecule has 2 aromatic carbocycles. The molecule has 1 saturated heterocycles. The van der Waals surface area contributed by atoms with Gasteiger partial charge in [0.05, 0.1) is 24.8 Å². The normalized spacial score (nSPS) is 21.8. The minimum Gasteiger partial charge on any atom is -0.393 e. The van der Waals surface area contributed by atoms with Crippen LogP contribution in [0.4, 0.5) is 17.6 Å². The van der Waals surface area contributed by atoms with Crippen LogP contribution in [0, 0.1) is 5.82 Å². The zero-order valence-electron chi connectivity index (χ0n) is 14.2. The van der Waals surface area contributed by atoms with Crippen molar-refractivity contribution >= 4 is 0 Å². The Kier molecular flexibility index (Phi) is 6.11. The summed E-state index contributed by atoms with van der Waals surface area (Å²) in [5, 5.41) is 12.9. The van der Waals surface area contributed by atoms with Gasteiger partial charge in [0, 0.05) is 6.54 Å². The van der Waals surface area contributed by atoms with E-state index in [1.54, 1.807) is 0 Å². The van der Waals surface area contributed by atoms with Gasteiger partial charge in [0.15, 0.2) is 6.29 Å². The molecular weight excluding hydrogens is 366 g/mol. The van der Waals surface area contributed by atoms with E-state index in [1.165, 1.54) is 0 Å². The fraction of sp³-hybridized carbons (Fsp3) is 0.368. The Hall–Kier alpha value is -2.00. The number of rotatable bonds is 5. The molecule has 0 spiro atoms. The molecule has 27 heavy (non-hydrogen) atoms. The highest BCUT2D eigenvalue weighted by atomic mass is 19.4. The second kappa shape index (κ2) is 8.35. The summed E-state index contributed by atoms with van der Waals surface area (Å²) in [6, 6.07) is 11.0. The number of ether oxygens (including phenoxy) is 2. The Morgan fingerprint density at radius 3 is 2.59 bits per heavy atom. The monoisotopic (exact) mass is 385 g/mol. The first-order valence-corrected chi connectivity index (χ1v) is 8.42. The molecule has 1 aliphatic heterocycles. The average Bonchev–Trinajstić information content (AvgIpc) is 2.66. The summed E-state index contributed by atoms with van der Waals surface area (Å²) in [6.07, 6.45) is -6.72. The zero-order valence-corrected chi connectivity index (χ0v) is 14.2. The third-order valence-corrected chi connectivity index (χ3v) is 4.26. The summed E-state index contributed by atoms with van der Waals surface area (Å²) in [5.74, 6) is -1.05. The molecule has 0 saturated carbocycles. The largest absolute Gasteiger partial charge is 0.416 e. The Morgan fingerprint density at radius 1 is 1.19 bits per heavy atom. The van der Waals surface area contributed by atoms with Crippen LogP contribution in [0.25, 0.3) is 0 Å². The lowest BCUT2D eigenvalue weighted by Gasteiger charge is -2.35. The summed E-state index contributed by atoms with van der Waals surface area (Å²) in [6.45, 7) is 0.284. The van der Waals surface area contributed by atoms with E-state index >= 15 is 0 Å². The summed E-state index contributed by atoms with van der Waals surface area (Å²) in [4.78, 5) is 0.